The molecular weight excluding hydrogens is 180 g/mol. The van der Waals surface area contributed by atoms with Gasteiger partial charge in [0, 0.05) is 6.42 Å². The minimum atomic E-state index is -0.897. The molecule has 0 aromatic rings. The van der Waals surface area contributed by atoms with E-state index >= 15 is 0 Å². The van der Waals surface area contributed by atoms with Crippen molar-refractivity contribution in [2.45, 2.75) is 64.1 Å². The van der Waals surface area contributed by atoms with Crippen LogP contribution in [0, 0.1) is 0 Å². The van der Waals surface area contributed by atoms with E-state index in [4.69, 9.17) is 4.74 Å². The number of carbonyl (C=O) groups excluding carboxylic acids is 1. The van der Waals surface area contributed by atoms with Crippen LogP contribution in [0.4, 0.5) is 0 Å². The molecule has 0 saturated carbocycles. The number of hydrogen-bond donors (Lipinski definition) is 1. The Bertz CT molecular complexity index is 203. The highest BCUT2D eigenvalue weighted by Gasteiger charge is 2.41. The van der Waals surface area contributed by atoms with Crippen LogP contribution in [0.2, 0.25) is 0 Å². The van der Waals surface area contributed by atoms with Gasteiger partial charge in [0.2, 0.25) is 0 Å². The number of carbonyl (C=O) groups is 1. The lowest BCUT2D eigenvalue weighted by Crippen LogP contribution is -2.23. The molecule has 1 fully saturated rings. The van der Waals surface area contributed by atoms with Gasteiger partial charge in [0.15, 0.2) is 6.10 Å². The van der Waals surface area contributed by atoms with Gasteiger partial charge in [-0.3, -0.25) is 0 Å². The highest BCUT2D eigenvalue weighted by atomic mass is 16.6. The molecule has 1 N–H and O–H groups in total. The molecule has 0 bridgehead atoms. The molecule has 0 spiro atoms. The monoisotopic (exact) mass is 200 g/mol. The normalized spacial score (nSPS) is 31.9. The Kier molecular flexibility index (Phi) is 3.93. The van der Waals surface area contributed by atoms with Gasteiger partial charge in [0.05, 0.1) is 0 Å². The summed E-state index contributed by atoms with van der Waals surface area (Å²) in [6, 6.07) is 0. The summed E-state index contributed by atoms with van der Waals surface area (Å²) in [7, 11) is 0. The van der Waals surface area contributed by atoms with E-state index in [1.165, 1.54) is 19.3 Å². The first kappa shape index (κ1) is 11.5. The summed E-state index contributed by atoms with van der Waals surface area (Å²) in [4.78, 5) is 11.0. The fraction of sp³-hybridized carbons (Fsp3) is 0.909. The quantitative estimate of drug-likeness (QED) is 0.545. The first-order chi connectivity index (χ1) is 6.57. The lowest BCUT2D eigenvalue weighted by molar-refractivity contribution is -0.152. The van der Waals surface area contributed by atoms with E-state index in [0.29, 0.717) is 6.42 Å². The van der Waals surface area contributed by atoms with Crippen molar-refractivity contribution in [3.63, 3.8) is 0 Å². The third-order valence-electron chi connectivity index (χ3n) is 2.80. The first-order valence-corrected chi connectivity index (χ1v) is 5.48. The Morgan fingerprint density at radius 2 is 2.21 bits per heavy atom. The number of aliphatic hydroxyl groups excluding tert-OH is 1. The van der Waals surface area contributed by atoms with Crippen LogP contribution in [0.1, 0.15) is 52.4 Å². The number of rotatable bonds is 5. The Balaban J connectivity index is 2.26. The van der Waals surface area contributed by atoms with Gasteiger partial charge in [-0.2, -0.15) is 0 Å². The fourth-order valence-corrected chi connectivity index (χ4v) is 1.92. The molecule has 0 radical (unpaired) electrons. The minimum Gasteiger partial charge on any atom is -0.457 e. The number of unbranched alkanes of at least 4 members (excludes halogenated alkanes) is 3. The van der Waals surface area contributed by atoms with Crippen molar-refractivity contribution in [2.75, 3.05) is 0 Å². The number of esters is 1. The highest BCUT2D eigenvalue weighted by Crippen LogP contribution is 2.31. The van der Waals surface area contributed by atoms with Crippen molar-refractivity contribution in [3.05, 3.63) is 0 Å². The van der Waals surface area contributed by atoms with E-state index in [2.05, 4.69) is 6.92 Å². The SMILES string of the molecule is CCCCCCC1(C)CC(O)C(=O)O1. The van der Waals surface area contributed by atoms with Gasteiger partial charge in [-0.15, -0.1) is 0 Å². The molecule has 0 aromatic heterocycles. The maximum absolute atomic E-state index is 11.0. The van der Waals surface area contributed by atoms with Crippen molar-refractivity contribution in [1.82, 2.24) is 0 Å². The molecule has 1 aliphatic heterocycles. The van der Waals surface area contributed by atoms with Crippen LogP contribution in [-0.2, 0) is 9.53 Å². The fourth-order valence-electron chi connectivity index (χ4n) is 1.92. The van der Waals surface area contributed by atoms with E-state index in [1.807, 2.05) is 6.92 Å². The molecule has 1 saturated heterocycles. The summed E-state index contributed by atoms with van der Waals surface area (Å²) in [5.41, 5.74) is -0.412. The number of ether oxygens (including phenoxy) is 1. The minimum absolute atomic E-state index is 0.412. The molecule has 82 valence electrons. The zero-order valence-electron chi connectivity index (χ0n) is 9.08. The Labute approximate surface area is 85.5 Å². The molecule has 3 heteroatoms. The van der Waals surface area contributed by atoms with Crippen molar-refractivity contribution >= 4 is 5.97 Å². The van der Waals surface area contributed by atoms with Crippen LogP contribution in [0.5, 0.6) is 0 Å². The van der Waals surface area contributed by atoms with Gasteiger partial charge >= 0.3 is 5.97 Å². The third-order valence-corrected chi connectivity index (χ3v) is 2.80. The molecule has 0 aliphatic carbocycles. The molecule has 2 atom stereocenters. The van der Waals surface area contributed by atoms with Crippen molar-refractivity contribution in [3.8, 4) is 0 Å². The molecule has 2 unspecified atom stereocenters. The van der Waals surface area contributed by atoms with E-state index in [9.17, 15) is 9.90 Å². The number of aliphatic hydroxyl groups is 1. The maximum Gasteiger partial charge on any atom is 0.335 e. The standard InChI is InChI=1S/C11H20O3/c1-3-4-5-6-7-11(2)8-9(12)10(13)14-11/h9,12H,3-8H2,1-2H3. The lowest BCUT2D eigenvalue weighted by Gasteiger charge is -2.21. The second-order valence-corrected chi connectivity index (χ2v) is 4.40. The Morgan fingerprint density at radius 1 is 1.50 bits per heavy atom. The number of cyclic esters (lactones) is 1. The Morgan fingerprint density at radius 3 is 2.71 bits per heavy atom. The van der Waals surface area contributed by atoms with Crippen LogP contribution < -0.4 is 0 Å². The zero-order valence-corrected chi connectivity index (χ0v) is 9.08. The molecule has 1 heterocycles. The Hall–Kier alpha value is -0.570. The molecule has 0 aromatic carbocycles. The largest absolute Gasteiger partial charge is 0.457 e. The summed E-state index contributed by atoms with van der Waals surface area (Å²) in [5, 5.41) is 9.26. The lowest BCUT2D eigenvalue weighted by atomic mass is 9.94. The third kappa shape index (κ3) is 2.98. The van der Waals surface area contributed by atoms with Crippen LogP contribution >= 0.6 is 0 Å². The average Bonchev–Trinajstić information content (AvgIpc) is 2.36. The molecule has 0 amide bonds. The topological polar surface area (TPSA) is 46.5 Å². The van der Waals surface area contributed by atoms with E-state index in [-0.39, 0.29) is 0 Å². The molecule has 1 rings (SSSR count). The molecule has 3 nitrogen and oxygen atoms in total. The average molecular weight is 200 g/mol. The van der Waals surface area contributed by atoms with Gasteiger partial charge in [0.1, 0.15) is 5.60 Å². The number of hydrogen-bond acceptors (Lipinski definition) is 3. The van der Waals surface area contributed by atoms with Crippen LogP contribution in [-0.4, -0.2) is 22.8 Å². The summed E-state index contributed by atoms with van der Waals surface area (Å²) in [5.74, 6) is -0.456. The highest BCUT2D eigenvalue weighted by molar-refractivity contribution is 5.77. The summed E-state index contributed by atoms with van der Waals surface area (Å²) >= 11 is 0. The molecule has 14 heavy (non-hydrogen) atoms. The van der Waals surface area contributed by atoms with E-state index in [0.717, 1.165) is 12.8 Å². The van der Waals surface area contributed by atoms with Gasteiger partial charge in [0.25, 0.3) is 0 Å². The maximum atomic E-state index is 11.0. The van der Waals surface area contributed by atoms with Gasteiger partial charge in [-0.05, 0) is 19.8 Å². The van der Waals surface area contributed by atoms with Gasteiger partial charge < -0.3 is 9.84 Å². The predicted octanol–water partition coefficient (Wildman–Crippen LogP) is 2.02. The molecule has 1 aliphatic rings. The van der Waals surface area contributed by atoms with E-state index < -0.39 is 17.7 Å². The van der Waals surface area contributed by atoms with Crippen LogP contribution in [0.25, 0.3) is 0 Å². The van der Waals surface area contributed by atoms with Gasteiger partial charge in [-0.25, -0.2) is 4.79 Å². The summed E-state index contributed by atoms with van der Waals surface area (Å²) < 4.78 is 5.15. The van der Waals surface area contributed by atoms with Crippen LogP contribution in [0.15, 0.2) is 0 Å². The predicted molar refractivity (Wildman–Crippen MR) is 53.9 cm³/mol. The summed E-state index contributed by atoms with van der Waals surface area (Å²) in [6.07, 6.45) is 5.12. The molecular formula is C11H20O3. The van der Waals surface area contributed by atoms with Crippen molar-refractivity contribution < 1.29 is 14.6 Å². The summed E-state index contributed by atoms with van der Waals surface area (Å²) in [6.45, 7) is 4.08. The van der Waals surface area contributed by atoms with Crippen LogP contribution in [0.3, 0.4) is 0 Å². The van der Waals surface area contributed by atoms with Crippen molar-refractivity contribution in [1.29, 1.82) is 0 Å². The van der Waals surface area contributed by atoms with Crippen molar-refractivity contribution in [2.24, 2.45) is 0 Å². The zero-order chi connectivity index (χ0) is 10.6. The first-order valence-electron chi connectivity index (χ1n) is 5.48. The second-order valence-electron chi connectivity index (χ2n) is 4.40. The van der Waals surface area contributed by atoms with Gasteiger partial charge in [-0.1, -0.05) is 26.2 Å². The van der Waals surface area contributed by atoms with E-state index in [1.54, 1.807) is 0 Å². The second kappa shape index (κ2) is 4.78. The smallest absolute Gasteiger partial charge is 0.335 e.